The molecule has 1 aromatic rings. The molecule has 1 aromatic carbocycles. The molecule has 1 heterocycles. The Balaban J connectivity index is 2.24. The summed E-state index contributed by atoms with van der Waals surface area (Å²) in [5.41, 5.74) is 5.46. The van der Waals surface area contributed by atoms with Crippen LogP contribution in [-0.4, -0.2) is 38.2 Å². The summed E-state index contributed by atoms with van der Waals surface area (Å²) in [4.78, 5) is 2.53. The van der Waals surface area contributed by atoms with Crippen LogP contribution in [0.5, 0.6) is 5.75 Å². The molecule has 1 fully saturated rings. The Hall–Kier alpha value is -1.06. The molecule has 2 rings (SSSR count). The van der Waals surface area contributed by atoms with Gasteiger partial charge < -0.3 is 10.1 Å². The van der Waals surface area contributed by atoms with Crippen LogP contribution in [-0.2, 0) is 6.54 Å². The van der Waals surface area contributed by atoms with Crippen molar-refractivity contribution in [2.75, 3.05) is 33.3 Å². The van der Waals surface area contributed by atoms with Gasteiger partial charge in [-0.3, -0.25) is 4.90 Å². The molecule has 1 aliphatic heterocycles. The largest absolute Gasteiger partial charge is 0.496 e. The van der Waals surface area contributed by atoms with Crippen molar-refractivity contribution in [1.29, 1.82) is 0 Å². The summed E-state index contributed by atoms with van der Waals surface area (Å²) in [7, 11) is 1.75. The molecule has 1 saturated heterocycles. The zero-order chi connectivity index (χ0) is 13.1. The molecule has 1 aliphatic rings. The smallest absolute Gasteiger partial charge is 0.122 e. The summed E-state index contributed by atoms with van der Waals surface area (Å²) in [5, 5.41) is 3.40. The SMILES string of the molecule is COc1cc(C)c(CN2CCNCC2)c(C)c1C. The number of nitrogens with one attached hydrogen (secondary N) is 1. The van der Waals surface area contributed by atoms with Crippen LogP contribution in [0.15, 0.2) is 6.07 Å². The second-order valence-corrected chi connectivity index (χ2v) is 5.15. The second kappa shape index (κ2) is 5.72. The third kappa shape index (κ3) is 2.68. The first-order chi connectivity index (χ1) is 8.63. The zero-order valence-electron chi connectivity index (χ0n) is 12.0. The molecule has 1 N–H and O–H groups in total. The average molecular weight is 248 g/mol. The van der Waals surface area contributed by atoms with Gasteiger partial charge in [-0.25, -0.2) is 0 Å². The van der Waals surface area contributed by atoms with E-state index in [-0.39, 0.29) is 0 Å². The molecule has 0 amide bonds. The lowest BCUT2D eigenvalue weighted by Gasteiger charge is -2.29. The summed E-state index contributed by atoms with van der Waals surface area (Å²) in [5.74, 6) is 1.01. The first-order valence-corrected chi connectivity index (χ1v) is 6.70. The Morgan fingerprint density at radius 2 is 1.83 bits per heavy atom. The van der Waals surface area contributed by atoms with Gasteiger partial charge in [-0.15, -0.1) is 0 Å². The van der Waals surface area contributed by atoms with E-state index >= 15 is 0 Å². The van der Waals surface area contributed by atoms with Crippen molar-refractivity contribution in [3.05, 3.63) is 28.3 Å². The lowest BCUT2D eigenvalue weighted by molar-refractivity contribution is 0.232. The number of hydrogen-bond acceptors (Lipinski definition) is 3. The maximum atomic E-state index is 5.43. The second-order valence-electron chi connectivity index (χ2n) is 5.15. The molecular weight excluding hydrogens is 224 g/mol. The average Bonchev–Trinajstić information content (AvgIpc) is 2.40. The highest BCUT2D eigenvalue weighted by atomic mass is 16.5. The van der Waals surface area contributed by atoms with Crippen LogP contribution < -0.4 is 10.1 Å². The van der Waals surface area contributed by atoms with Gasteiger partial charge in [-0.1, -0.05) is 0 Å². The number of methoxy groups -OCH3 is 1. The molecule has 0 radical (unpaired) electrons. The number of piperazine rings is 1. The fourth-order valence-electron chi connectivity index (χ4n) is 2.65. The van der Waals surface area contributed by atoms with Gasteiger partial charge in [0.25, 0.3) is 0 Å². The minimum absolute atomic E-state index is 1.01. The van der Waals surface area contributed by atoms with Crippen LogP contribution in [0.4, 0.5) is 0 Å². The van der Waals surface area contributed by atoms with Crippen LogP contribution in [0.2, 0.25) is 0 Å². The normalized spacial score (nSPS) is 16.9. The van der Waals surface area contributed by atoms with Gasteiger partial charge in [0, 0.05) is 32.7 Å². The number of hydrogen-bond donors (Lipinski definition) is 1. The number of rotatable bonds is 3. The first-order valence-electron chi connectivity index (χ1n) is 6.70. The summed E-state index contributed by atoms with van der Waals surface area (Å²) >= 11 is 0. The summed E-state index contributed by atoms with van der Waals surface area (Å²) in [6.07, 6.45) is 0. The quantitative estimate of drug-likeness (QED) is 0.886. The van der Waals surface area contributed by atoms with E-state index in [0.717, 1.165) is 38.5 Å². The summed E-state index contributed by atoms with van der Waals surface area (Å²) in [6, 6.07) is 2.17. The van der Waals surface area contributed by atoms with Gasteiger partial charge in [0.2, 0.25) is 0 Å². The van der Waals surface area contributed by atoms with E-state index in [0.29, 0.717) is 0 Å². The van der Waals surface area contributed by atoms with E-state index in [9.17, 15) is 0 Å². The van der Waals surface area contributed by atoms with Crippen LogP contribution in [0, 0.1) is 20.8 Å². The predicted molar refractivity (Wildman–Crippen MR) is 75.4 cm³/mol. The summed E-state index contributed by atoms with van der Waals surface area (Å²) < 4.78 is 5.43. The van der Waals surface area contributed by atoms with Crippen molar-refractivity contribution in [2.45, 2.75) is 27.3 Å². The van der Waals surface area contributed by atoms with Crippen molar-refractivity contribution in [3.8, 4) is 5.75 Å². The topological polar surface area (TPSA) is 24.5 Å². The van der Waals surface area contributed by atoms with Crippen LogP contribution in [0.1, 0.15) is 22.3 Å². The molecule has 0 aliphatic carbocycles. The molecule has 100 valence electrons. The van der Waals surface area contributed by atoms with E-state index in [1.165, 1.54) is 22.3 Å². The molecule has 0 bridgehead atoms. The third-order valence-electron chi connectivity index (χ3n) is 4.02. The Morgan fingerprint density at radius 3 is 2.44 bits per heavy atom. The van der Waals surface area contributed by atoms with Crippen molar-refractivity contribution in [1.82, 2.24) is 10.2 Å². The van der Waals surface area contributed by atoms with Gasteiger partial charge >= 0.3 is 0 Å². The van der Waals surface area contributed by atoms with Crippen molar-refractivity contribution >= 4 is 0 Å². The Kier molecular flexibility index (Phi) is 4.25. The van der Waals surface area contributed by atoms with Gasteiger partial charge in [-0.05, 0) is 49.1 Å². The van der Waals surface area contributed by atoms with Crippen molar-refractivity contribution < 1.29 is 4.74 Å². The maximum absolute atomic E-state index is 5.43. The molecule has 18 heavy (non-hydrogen) atoms. The molecule has 0 saturated carbocycles. The van der Waals surface area contributed by atoms with Gasteiger partial charge in [0.05, 0.1) is 7.11 Å². The number of aryl methyl sites for hydroxylation is 1. The zero-order valence-corrected chi connectivity index (χ0v) is 12.0. The minimum Gasteiger partial charge on any atom is -0.496 e. The molecular formula is C15H24N2O. The highest BCUT2D eigenvalue weighted by molar-refractivity contribution is 5.48. The minimum atomic E-state index is 1.01. The van der Waals surface area contributed by atoms with Crippen molar-refractivity contribution in [3.63, 3.8) is 0 Å². The first kappa shape index (κ1) is 13.4. The van der Waals surface area contributed by atoms with E-state index in [4.69, 9.17) is 4.74 Å². The van der Waals surface area contributed by atoms with Crippen molar-refractivity contribution in [2.24, 2.45) is 0 Å². The van der Waals surface area contributed by atoms with Gasteiger partial charge in [0.1, 0.15) is 5.75 Å². The lowest BCUT2D eigenvalue weighted by atomic mass is 9.96. The molecule has 0 atom stereocenters. The summed E-state index contributed by atoms with van der Waals surface area (Å²) in [6.45, 7) is 12.1. The predicted octanol–water partition coefficient (Wildman–Crippen LogP) is 2.03. The van der Waals surface area contributed by atoms with E-state index in [1.807, 2.05) is 0 Å². The number of benzene rings is 1. The maximum Gasteiger partial charge on any atom is 0.122 e. The third-order valence-corrected chi connectivity index (χ3v) is 4.02. The molecule has 0 unspecified atom stereocenters. The Morgan fingerprint density at radius 1 is 1.17 bits per heavy atom. The number of nitrogens with zero attached hydrogens (tertiary/aromatic N) is 1. The Labute approximate surface area is 110 Å². The molecule has 0 spiro atoms. The standard InChI is InChI=1S/C15H24N2O/c1-11-9-15(18-4)13(3)12(2)14(11)10-17-7-5-16-6-8-17/h9,16H,5-8,10H2,1-4H3. The van der Waals surface area contributed by atoms with E-state index in [2.05, 4.69) is 37.1 Å². The van der Waals surface area contributed by atoms with Gasteiger partial charge in [0.15, 0.2) is 0 Å². The van der Waals surface area contributed by atoms with Gasteiger partial charge in [-0.2, -0.15) is 0 Å². The lowest BCUT2D eigenvalue weighted by Crippen LogP contribution is -2.43. The van der Waals surface area contributed by atoms with Crippen LogP contribution >= 0.6 is 0 Å². The molecule has 3 heteroatoms. The van der Waals surface area contributed by atoms with Crippen LogP contribution in [0.25, 0.3) is 0 Å². The fourth-order valence-corrected chi connectivity index (χ4v) is 2.65. The van der Waals surface area contributed by atoms with E-state index < -0.39 is 0 Å². The van der Waals surface area contributed by atoms with Crippen LogP contribution in [0.3, 0.4) is 0 Å². The molecule has 3 nitrogen and oxygen atoms in total. The van der Waals surface area contributed by atoms with E-state index in [1.54, 1.807) is 7.11 Å². The highest BCUT2D eigenvalue weighted by Gasteiger charge is 2.15. The molecule has 0 aromatic heterocycles. The highest BCUT2D eigenvalue weighted by Crippen LogP contribution is 2.28. The number of ether oxygens (including phenoxy) is 1. The Bertz CT molecular complexity index is 423. The monoisotopic (exact) mass is 248 g/mol. The fraction of sp³-hybridized carbons (Fsp3) is 0.600.